The lowest BCUT2D eigenvalue weighted by atomic mass is 10.3. The van der Waals surface area contributed by atoms with Crippen molar-refractivity contribution in [3.63, 3.8) is 0 Å². The zero-order chi connectivity index (χ0) is 13.1. The first-order valence-electron chi connectivity index (χ1n) is 4.85. The number of halogens is 1. The van der Waals surface area contributed by atoms with Crippen molar-refractivity contribution in [2.24, 2.45) is 0 Å². The maximum atomic E-state index is 11.5. The van der Waals surface area contributed by atoms with Crippen LogP contribution in [0.5, 0.6) is 0 Å². The zero-order valence-electron chi connectivity index (χ0n) is 9.40. The van der Waals surface area contributed by atoms with Crippen LogP contribution in [0.25, 0.3) is 0 Å². The van der Waals surface area contributed by atoms with Gasteiger partial charge in [-0.3, -0.25) is 4.79 Å². The molecule has 0 spiro atoms. The minimum Gasteiger partial charge on any atom is -0.325 e. The van der Waals surface area contributed by atoms with Crippen LogP contribution in [0.3, 0.4) is 0 Å². The molecule has 0 aliphatic heterocycles. The van der Waals surface area contributed by atoms with Crippen LogP contribution in [0.15, 0.2) is 29.2 Å². The number of hydrogen-bond donors (Lipinski definition) is 2. The van der Waals surface area contributed by atoms with E-state index >= 15 is 0 Å². The van der Waals surface area contributed by atoms with Gasteiger partial charge in [-0.05, 0) is 32.2 Å². The van der Waals surface area contributed by atoms with Crippen molar-refractivity contribution in [2.75, 3.05) is 12.4 Å². The molecule has 5 nitrogen and oxygen atoms in total. The van der Waals surface area contributed by atoms with Gasteiger partial charge in [0, 0.05) is 5.69 Å². The summed E-state index contributed by atoms with van der Waals surface area (Å²) in [4.78, 5) is 11.2. The van der Waals surface area contributed by atoms with Crippen LogP contribution < -0.4 is 10.0 Å². The molecule has 0 saturated carbocycles. The lowest BCUT2D eigenvalue weighted by Crippen LogP contribution is -2.21. The Labute approximate surface area is 109 Å². The van der Waals surface area contributed by atoms with Gasteiger partial charge in [0.1, 0.15) is 0 Å². The molecule has 1 amide bonds. The maximum absolute atomic E-state index is 11.5. The summed E-state index contributed by atoms with van der Waals surface area (Å²) in [5, 5.41) is 2.60. The van der Waals surface area contributed by atoms with Gasteiger partial charge < -0.3 is 5.32 Å². The summed E-state index contributed by atoms with van der Waals surface area (Å²) < 4.78 is 25.3. The molecular weight excluding hydrogens is 308 g/mol. The summed E-state index contributed by atoms with van der Waals surface area (Å²) in [6.07, 6.45) is 0. The largest absolute Gasteiger partial charge is 0.325 e. The van der Waals surface area contributed by atoms with Gasteiger partial charge in [0.2, 0.25) is 15.9 Å². The Hall–Kier alpha value is -0.920. The summed E-state index contributed by atoms with van der Waals surface area (Å²) in [6, 6.07) is 6.05. The van der Waals surface area contributed by atoms with Crippen LogP contribution in [0.2, 0.25) is 0 Å². The van der Waals surface area contributed by atoms with E-state index in [-0.39, 0.29) is 15.6 Å². The summed E-state index contributed by atoms with van der Waals surface area (Å²) in [6.45, 7) is 1.68. The quantitative estimate of drug-likeness (QED) is 0.821. The van der Waals surface area contributed by atoms with Gasteiger partial charge in [-0.15, -0.1) is 0 Å². The highest BCUT2D eigenvalue weighted by Gasteiger charge is 2.13. The Balaban J connectivity index is 2.99. The van der Waals surface area contributed by atoms with Crippen LogP contribution in [-0.4, -0.2) is 26.2 Å². The van der Waals surface area contributed by atoms with E-state index in [1.54, 1.807) is 19.1 Å². The van der Waals surface area contributed by atoms with Gasteiger partial charge in [0.15, 0.2) is 0 Å². The van der Waals surface area contributed by atoms with Crippen molar-refractivity contribution in [2.45, 2.75) is 16.6 Å². The molecule has 94 valence electrons. The molecule has 2 N–H and O–H groups in total. The molecule has 0 aliphatic rings. The Bertz CT molecular complexity index is 514. The molecule has 7 heteroatoms. The Morgan fingerprint density at radius 1 is 1.41 bits per heavy atom. The number of anilines is 1. The van der Waals surface area contributed by atoms with E-state index in [0.29, 0.717) is 5.69 Å². The SMILES string of the molecule is CNS(=O)(=O)c1cccc(NC(=O)C(C)Br)c1. The number of sulfonamides is 1. The summed E-state index contributed by atoms with van der Waals surface area (Å²) in [5.74, 6) is -0.232. The lowest BCUT2D eigenvalue weighted by Gasteiger charge is -2.08. The summed E-state index contributed by atoms with van der Waals surface area (Å²) >= 11 is 3.13. The summed E-state index contributed by atoms with van der Waals surface area (Å²) in [7, 11) is -2.16. The Kier molecular flexibility index (Phi) is 4.67. The Morgan fingerprint density at radius 3 is 2.59 bits per heavy atom. The molecule has 0 fully saturated rings. The number of carbonyl (C=O) groups excluding carboxylic acids is 1. The van der Waals surface area contributed by atoms with Crippen LogP contribution in [0, 0.1) is 0 Å². The number of nitrogens with one attached hydrogen (secondary N) is 2. The second kappa shape index (κ2) is 5.61. The average Bonchev–Trinajstić information content (AvgIpc) is 2.29. The molecule has 0 saturated heterocycles. The fourth-order valence-electron chi connectivity index (χ4n) is 1.10. The predicted molar refractivity (Wildman–Crippen MR) is 69.7 cm³/mol. The Morgan fingerprint density at radius 2 is 2.06 bits per heavy atom. The molecule has 1 aromatic carbocycles. The van der Waals surface area contributed by atoms with Gasteiger partial charge in [-0.25, -0.2) is 13.1 Å². The molecule has 1 aromatic rings. The van der Waals surface area contributed by atoms with E-state index in [4.69, 9.17) is 0 Å². The predicted octanol–water partition coefficient (Wildman–Crippen LogP) is 1.32. The van der Waals surface area contributed by atoms with Gasteiger partial charge in [-0.1, -0.05) is 22.0 Å². The normalized spacial score (nSPS) is 13.1. The minimum absolute atomic E-state index is 0.111. The molecule has 0 aliphatic carbocycles. The maximum Gasteiger partial charge on any atom is 0.240 e. The fraction of sp³-hybridized carbons (Fsp3) is 0.300. The standard InChI is InChI=1S/C10H13BrN2O3S/c1-7(11)10(14)13-8-4-3-5-9(6-8)17(15,16)12-2/h3-7,12H,1-2H3,(H,13,14). The molecule has 0 heterocycles. The number of alkyl halides is 1. The highest BCUT2D eigenvalue weighted by molar-refractivity contribution is 9.10. The van der Waals surface area contributed by atoms with Crippen molar-refractivity contribution >= 4 is 37.5 Å². The van der Waals surface area contributed by atoms with E-state index in [1.165, 1.54) is 19.2 Å². The molecule has 0 radical (unpaired) electrons. The van der Waals surface area contributed by atoms with E-state index in [0.717, 1.165) is 0 Å². The van der Waals surface area contributed by atoms with Crippen LogP contribution in [0.4, 0.5) is 5.69 Å². The van der Waals surface area contributed by atoms with Gasteiger partial charge in [0.25, 0.3) is 0 Å². The van der Waals surface area contributed by atoms with E-state index < -0.39 is 10.0 Å². The van der Waals surface area contributed by atoms with E-state index in [1.807, 2.05) is 0 Å². The molecule has 1 rings (SSSR count). The van der Waals surface area contributed by atoms with Gasteiger partial charge in [0.05, 0.1) is 9.72 Å². The highest BCUT2D eigenvalue weighted by atomic mass is 79.9. The number of carbonyl (C=O) groups is 1. The molecular formula is C10H13BrN2O3S. The molecule has 0 bridgehead atoms. The number of rotatable bonds is 4. The smallest absolute Gasteiger partial charge is 0.240 e. The monoisotopic (exact) mass is 320 g/mol. The third-order valence-corrected chi connectivity index (χ3v) is 3.87. The van der Waals surface area contributed by atoms with Crippen LogP contribution >= 0.6 is 15.9 Å². The molecule has 1 atom stereocenters. The van der Waals surface area contributed by atoms with Crippen molar-refractivity contribution in [1.29, 1.82) is 0 Å². The van der Waals surface area contributed by atoms with E-state index in [9.17, 15) is 13.2 Å². The lowest BCUT2D eigenvalue weighted by molar-refractivity contribution is -0.115. The van der Waals surface area contributed by atoms with Crippen molar-refractivity contribution in [3.8, 4) is 0 Å². The molecule has 0 aromatic heterocycles. The third kappa shape index (κ3) is 3.79. The molecule has 1 unspecified atom stereocenters. The van der Waals surface area contributed by atoms with Crippen molar-refractivity contribution in [1.82, 2.24) is 4.72 Å². The van der Waals surface area contributed by atoms with Crippen molar-refractivity contribution in [3.05, 3.63) is 24.3 Å². The fourth-order valence-corrected chi connectivity index (χ4v) is 1.99. The van der Waals surface area contributed by atoms with Gasteiger partial charge >= 0.3 is 0 Å². The van der Waals surface area contributed by atoms with Gasteiger partial charge in [-0.2, -0.15) is 0 Å². The van der Waals surface area contributed by atoms with Crippen molar-refractivity contribution < 1.29 is 13.2 Å². The number of amides is 1. The average molecular weight is 321 g/mol. The first-order valence-corrected chi connectivity index (χ1v) is 7.25. The second-order valence-corrected chi connectivity index (χ2v) is 6.60. The number of hydrogen-bond acceptors (Lipinski definition) is 3. The van der Waals surface area contributed by atoms with E-state index in [2.05, 4.69) is 26.0 Å². The first kappa shape index (κ1) is 14.1. The third-order valence-electron chi connectivity index (χ3n) is 2.04. The van der Waals surface area contributed by atoms with Crippen LogP contribution in [0.1, 0.15) is 6.92 Å². The summed E-state index contributed by atoms with van der Waals surface area (Å²) in [5.41, 5.74) is 0.442. The van der Waals surface area contributed by atoms with Crippen LogP contribution in [-0.2, 0) is 14.8 Å². The number of benzene rings is 1. The highest BCUT2D eigenvalue weighted by Crippen LogP contribution is 2.15. The molecule has 17 heavy (non-hydrogen) atoms. The first-order chi connectivity index (χ1) is 7.86. The topological polar surface area (TPSA) is 75.3 Å². The zero-order valence-corrected chi connectivity index (χ0v) is 11.8. The minimum atomic E-state index is -3.49. The second-order valence-electron chi connectivity index (χ2n) is 3.34.